The molecule has 2 aromatic carbocycles. The fourth-order valence-electron chi connectivity index (χ4n) is 1.60. The van der Waals surface area contributed by atoms with Crippen LogP contribution in [-0.2, 0) is 0 Å². The van der Waals surface area contributed by atoms with Crippen molar-refractivity contribution < 1.29 is 9.47 Å². The molecule has 3 nitrogen and oxygen atoms in total. The molecule has 0 aliphatic carbocycles. The number of nitrogens with two attached hydrogens (primary N) is 1. The molecule has 0 fully saturated rings. The smallest absolute Gasteiger partial charge is 0.169 e. The third kappa shape index (κ3) is 2.51. The molecule has 0 atom stereocenters. The zero-order valence-electron chi connectivity index (χ0n) is 10.2. The van der Waals surface area contributed by atoms with E-state index in [0.717, 1.165) is 5.56 Å². The fourth-order valence-corrected chi connectivity index (χ4v) is 1.82. The Hall–Kier alpha value is -1.87. The van der Waals surface area contributed by atoms with Crippen molar-refractivity contribution in [2.24, 2.45) is 0 Å². The van der Waals surface area contributed by atoms with Gasteiger partial charge in [0.1, 0.15) is 0 Å². The second-order valence-corrected chi connectivity index (χ2v) is 4.32. The molecule has 0 bridgehead atoms. The van der Waals surface area contributed by atoms with Crippen LogP contribution in [0.1, 0.15) is 5.56 Å². The highest BCUT2D eigenvalue weighted by Gasteiger charge is 2.11. The number of methoxy groups -OCH3 is 1. The van der Waals surface area contributed by atoms with E-state index in [1.54, 1.807) is 25.3 Å². The van der Waals surface area contributed by atoms with Gasteiger partial charge in [-0.05, 0) is 36.8 Å². The molecular weight excluding hydrogens is 250 g/mol. The number of hydrogen-bond donors (Lipinski definition) is 1. The Labute approximate surface area is 111 Å². The molecule has 0 spiro atoms. The topological polar surface area (TPSA) is 44.5 Å². The number of ether oxygens (including phenoxy) is 2. The SMILES string of the molecule is COc1cc(C)ccc1Oc1c(N)cccc1Cl. The van der Waals surface area contributed by atoms with Crippen molar-refractivity contribution in [1.29, 1.82) is 0 Å². The standard InChI is InChI=1S/C14H14ClNO2/c1-9-6-7-12(13(8-9)17-2)18-14-10(15)4-3-5-11(14)16/h3-8H,16H2,1-2H3. The minimum Gasteiger partial charge on any atom is -0.493 e. The summed E-state index contributed by atoms with van der Waals surface area (Å²) in [6.07, 6.45) is 0. The van der Waals surface area contributed by atoms with Gasteiger partial charge in [0.05, 0.1) is 17.8 Å². The number of hydrogen-bond acceptors (Lipinski definition) is 3. The minimum atomic E-state index is 0.446. The summed E-state index contributed by atoms with van der Waals surface area (Å²) in [4.78, 5) is 0. The highest BCUT2D eigenvalue weighted by atomic mass is 35.5. The molecule has 4 heteroatoms. The highest BCUT2D eigenvalue weighted by Crippen LogP contribution is 2.38. The molecule has 2 N–H and O–H groups in total. The van der Waals surface area contributed by atoms with Crippen molar-refractivity contribution in [2.75, 3.05) is 12.8 Å². The summed E-state index contributed by atoms with van der Waals surface area (Å²) >= 11 is 6.06. The first-order chi connectivity index (χ1) is 8.61. The number of rotatable bonds is 3. The zero-order valence-corrected chi connectivity index (χ0v) is 11.0. The summed E-state index contributed by atoms with van der Waals surface area (Å²) in [6.45, 7) is 1.98. The summed E-state index contributed by atoms with van der Waals surface area (Å²) in [5.41, 5.74) is 7.42. The molecule has 2 aromatic rings. The molecule has 2 rings (SSSR count). The molecule has 18 heavy (non-hydrogen) atoms. The van der Waals surface area contributed by atoms with Gasteiger partial charge < -0.3 is 15.2 Å². The average molecular weight is 264 g/mol. The minimum absolute atomic E-state index is 0.446. The normalized spacial score (nSPS) is 10.2. The fraction of sp³-hybridized carbons (Fsp3) is 0.143. The van der Waals surface area contributed by atoms with Gasteiger partial charge in [-0.25, -0.2) is 0 Å². The maximum Gasteiger partial charge on any atom is 0.169 e. The quantitative estimate of drug-likeness (QED) is 0.851. The lowest BCUT2D eigenvalue weighted by Gasteiger charge is -2.13. The summed E-state index contributed by atoms with van der Waals surface area (Å²) in [7, 11) is 1.59. The van der Waals surface area contributed by atoms with E-state index in [0.29, 0.717) is 28.0 Å². The molecule has 0 saturated carbocycles. The first-order valence-electron chi connectivity index (χ1n) is 5.48. The Morgan fingerprint density at radius 3 is 2.56 bits per heavy atom. The maximum atomic E-state index is 6.06. The monoisotopic (exact) mass is 263 g/mol. The largest absolute Gasteiger partial charge is 0.493 e. The molecule has 0 aliphatic heterocycles. The van der Waals surface area contributed by atoms with Crippen LogP contribution in [0.4, 0.5) is 5.69 Å². The molecule has 0 unspecified atom stereocenters. The van der Waals surface area contributed by atoms with Crippen LogP contribution in [0.2, 0.25) is 5.02 Å². The molecule has 0 aliphatic rings. The van der Waals surface area contributed by atoms with Crippen LogP contribution in [0.15, 0.2) is 36.4 Å². The molecule has 0 amide bonds. The van der Waals surface area contributed by atoms with Gasteiger partial charge in [-0.3, -0.25) is 0 Å². The van der Waals surface area contributed by atoms with E-state index in [4.69, 9.17) is 26.8 Å². The van der Waals surface area contributed by atoms with Gasteiger partial charge >= 0.3 is 0 Å². The van der Waals surface area contributed by atoms with Crippen molar-refractivity contribution in [3.8, 4) is 17.2 Å². The van der Waals surface area contributed by atoms with Crippen molar-refractivity contribution in [3.63, 3.8) is 0 Å². The number of halogens is 1. The molecule has 0 heterocycles. The molecule has 94 valence electrons. The molecular formula is C14H14ClNO2. The van der Waals surface area contributed by atoms with Crippen LogP contribution in [0.5, 0.6) is 17.2 Å². The highest BCUT2D eigenvalue weighted by molar-refractivity contribution is 6.32. The number of para-hydroxylation sites is 1. The lowest BCUT2D eigenvalue weighted by Crippen LogP contribution is -1.95. The number of benzene rings is 2. The van der Waals surface area contributed by atoms with Crippen LogP contribution in [0.25, 0.3) is 0 Å². The van der Waals surface area contributed by atoms with Gasteiger partial charge in [0, 0.05) is 0 Å². The Kier molecular flexibility index (Phi) is 3.63. The Bertz CT molecular complexity index is 549. The summed E-state index contributed by atoms with van der Waals surface area (Å²) in [5.74, 6) is 1.68. The maximum absolute atomic E-state index is 6.06. The summed E-state index contributed by atoms with van der Waals surface area (Å²) in [5, 5.41) is 0.470. The second-order valence-electron chi connectivity index (χ2n) is 3.91. The van der Waals surface area contributed by atoms with Gasteiger partial charge in [-0.1, -0.05) is 23.7 Å². The van der Waals surface area contributed by atoms with Crippen LogP contribution < -0.4 is 15.2 Å². The third-order valence-electron chi connectivity index (χ3n) is 2.53. The number of anilines is 1. The average Bonchev–Trinajstić information content (AvgIpc) is 2.35. The number of nitrogen functional groups attached to an aromatic ring is 1. The predicted octanol–water partition coefficient (Wildman–Crippen LogP) is 4.03. The van der Waals surface area contributed by atoms with E-state index in [1.807, 2.05) is 25.1 Å². The van der Waals surface area contributed by atoms with Crippen LogP contribution in [-0.4, -0.2) is 7.11 Å². The van der Waals surface area contributed by atoms with Crippen molar-refractivity contribution >= 4 is 17.3 Å². The van der Waals surface area contributed by atoms with E-state index >= 15 is 0 Å². The van der Waals surface area contributed by atoms with Crippen molar-refractivity contribution in [1.82, 2.24) is 0 Å². The third-order valence-corrected chi connectivity index (χ3v) is 2.83. The van der Waals surface area contributed by atoms with Gasteiger partial charge in [-0.15, -0.1) is 0 Å². The zero-order chi connectivity index (χ0) is 13.1. The lowest BCUT2D eigenvalue weighted by molar-refractivity contribution is 0.379. The van der Waals surface area contributed by atoms with E-state index in [2.05, 4.69) is 0 Å². The van der Waals surface area contributed by atoms with E-state index in [1.165, 1.54) is 0 Å². The van der Waals surface area contributed by atoms with Crippen molar-refractivity contribution in [3.05, 3.63) is 47.0 Å². The first-order valence-corrected chi connectivity index (χ1v) is 5.86. The van der Waals surface area contributed by atoms with Gasteiger partial charge in [-0.2, -0.15) is 0 Å². The van der Waals surface area contributed by atoms with Gasteiger partial charge in [0.15, 0.2) is 17.2 Å². The van der Waals surface area contributed by atoms with Crippen molar-refractivity contribution in [2.45, 2.75) is 6.92 Å². The lowest BCUT2D eigenvalue weighted by atomic mass is 10.2. The van der Waals surface area contributed by atoms with Crippen LogP contribution in [0, 0.1) is 6.92 Å². The van der Waals surface area contributed by atoms with Gasteiger partial charge in [0.25, 0.3) is 0 Å². The molecule has 0 aromatic heterocycles. The predicted molar refractivity (Wildman–Crippen MR) is 73.7 cm³/mol. The van der Waals surface area contributed by atoms with Crippen LogP contribution >= 0.6 is 11.6 Å². The first kappa shape index (κ1) is 12.6. The van der Waals surface area contributed by atoms with E-state index in [-0.39, 0.29) is 0 Å². The summed E-state index contributed by atoms with van der Waals surface area (Å²) in [6, 6.07) is 10.9. The summed E-state index contributed by atoms with van der Waals surface area (Å²) < 4.78 is 11.0. The van der Waals surface area contributed by atoms with Gasteiger partial charge in [0.2, 0.25) is 0 Å². The Morgan fingerprint density at radius 2 is 1.89 bits per heavy atom. The van der Waals surface area contributed by atoms with E-state index < -0.39 is 0 Å². The number of aryl methyl sites for hydroxylation is 1. The van der Waals surface area contributed by atoms with E-state index in [9.17, 15) is 0 Å². The second kappa shape index (κ2) is 5.19. The van der Waals surface area contributed by atoms with Crippen LogP contribution in [0.3, 0.4) is 0 Å². The molecule has 0 saturated heterocycles. The molecule has 0 radical (unpaired) electrons. The Balaban J connectivity index is 2.40. The Morgan fingerprint density at radius 1 is 1.11 bits per heavy atom.